The minimum atomic E-state index is -2.37. The molecule has 0 saturated heterocycles. The Balaban J connectivity index is 4.27. The summed E-state index contributed by atoms with van der Waals surface area (Å²) in [4.78, 5) is 0. The quantitative estimate of drug-likeness (QED) is 0.384. The zero-order chi connectivity index (χ0) is 9.83. The molecule has 0 N–H and O–H groups in total. The van der Waals surface area contributed by atoms with Crippen LogP contribution in [0.4, 0.5) is 0 Å². The third-order valence-electron chi connectivity index (χ3n) is 0.188. The van der Waals surface area contributed by atoms with Crippen LogP contribution in [0.1, 0.15) is 21.9 Å². The van der Waals surface area contributed by atoms with Crippen LogP contribution in [-0.4, -0.2) is 0 Å². The summed E-state index contributed by atoms with van der Waals surface area (Å²) in [6.07, 6.45) is 0. The Morgan fingerprint density at radius 1 is 1.17 bits per heavy atom. The first-order valence-corrected chi connectivity index (χ1v) is 1.25. The lowest BCUT2D eigenvalue weighted by Crippen LogP contribution is -1.42. The summed E-state index contributed by atoms with van der Waals surface area (Å²) in [6.45, 7) is -4.74. The number of rotatable bonds is 0. The molecular formula is C6H6. The van der Waals surface area contributed by atoms with Gasteiger partial charge in [0.2, 0.25) is 0 Å². The van der Waals surface area contributed by atoms with Gasteiger partial charge in [0.1, 0.15) is 0 Å². The van der Waals surface area contributed by atoms with Gasteiger partial charge in [-0.25, -0.2) is 0 Å². The summed E-state index contributed by atoms with van der Waals surface area (Å²) < 4.78 is 39.7. The van der Waals surface area contributed by atoms with Gasteiger partial charge in [-0.2, -0.15) is 0 Å². The van der Waals surface area contributed by atoms with Crippen LogP contribution < -0.4 is 0 Å². The van der Waals surface area contributed by atoms with Gasteiger partial charge in [0.15, 0.2) is 0 Å². The molecule has 0 spiro atoms. The van der Waals surface area contributed by atoms with Gasteiger partial charge >= 0.3 is 0 Å². The Morgan fingerprint density at radius 2 is 1.67 bits per heavy atom. The summed E-state index contributed by atoms with van der Waals surface area (Å²) in [6, 6.07) is 0. The fourth-order valence-electron chi connectivity index (χ4n) is 0.0625. The maximum Gasteiger partial charge on any atom is 0.0366 e. The van der Waals surface area contributed by atoms with Gasteiger partial charge in [0.25, 0.3) is 0 Å². The molecule has 0 atom stereocenters. The van der Waals surface area contributed by atoms with Gasteiger partial charge < -0.3 is 0 Å². The molecule has 0 nitrogen and oxygen atoms in total. The van der Waals surface area contributed by atoms with E-state index < -0.39 is 13.7 Å². The third-order valence-corrected chi connectivity index (χ3v) is 0.188. The van der Waals surface area contributed by atoms with E-state index in [9.17, 15) is 0 Å². The first-order valence-electron chi connectivity index (χ1n) is 4.25. The molecule has 0 heteroatoms. The lowest BCUT2D eigenvalue weighted by molar-refractivity contribution is 1.90. The van der Waals surface area contributed by atoms with Crippen molar-refractivity contribution in [2.75, 3.05) is 0 Å². The first-order chi connectivity index (χ1) is 5.21. The van der Waals surface area contributed by atoms with Crippen molar-refractivity contribution in [1.82, 2.24) is 0 Å². The van der Waals surface area contributed by atoms with Crippen LogP contribution in [0.5, 0.6) is 0 Å². The molecule has 0 aliphatic rings. The maximum atomic E-state index is 6.62. The van der Waals surface area contributed by atoms with Crippen LogP contribution in [0.25, 0.3) is 0 Å². The second-order valence-electron chi connectivity index (χ2n) is 0.500. The number of hydrogen-bond donors (Lipinski definition) is 0. The van der Waals surface area contributed by atoms with E-state index in [4.69, 9.17) is 8.22 Å². The van der Waals surface area contributed by atoms with Crippen LogP contribution in [0.2, 0.25) is 0 Å². The fraction of sp³-hybridized carbons (Fsp3) is 0.333. The van der Waals surface area contributed by atoms with Gasteiger partial charge in [-0.1, -0.05) is 11.8 Å². The predicted octanol–water partition coefficient (Wildman–Crippen LogP) is 1.03. The van der Waals surface area contributed by atoms with E-state index in [2.05, 4.69) is 0 Å². The standard InChI is InChI=1S/C6H6/c1-3-5-6-4-2/h1-2H3/i1D3,2D3. The third kappa shape index (κ3) is 3.12. The smallest absolute Gasteiger partial charge is 0.0366 e. The monoisotopic (exact) mass is 84.1 g/mol. The Hall–Kier alpha value is -0.880. The van der Waals surface area contributed by atoms with E-state index in [1.165, 1.54) is 0 Å². The zero-order valence-electron chi connectivity index (χ0n) is 9.00. The van der Waals surface area contributed by atoms with Gasteiger partial charge in [0, 0.05) is 8.22 Å². The van der Waals surface area contributed by atoms with Crippen molar-refractivity contribution in [2.45, 2.75) is 13.7 Å². The fourth-order valence-corrected chi connectivity index (χ4v) is 0.0625. The Kier molecular flexibility index (Phi) is 0.583. The van der Waals surface area contributed by atoms with Crippen LogP contribution in [0, 0.1) is 23.7 Å². The van der Waals surface area contributed by atoms with Crippen LogP contribution in [0.3, 0.4) is 0 Å². The van der Waals surface area contributed by atoms with Gasteiger partial charge in [-0.05, 0) is 25.5 Å². The summed E-state index contributed by atoms with van der Waals surface area (Å²) in [5.74, 6) is 7.54. The van der Waals surface area contributed by atoms with Gasteiger partial charge in [-0.3, -0.25) is 0 Å². The van der Waals surface area contributed by atoms with E-state index in [1.807, 2.05) is 23.7 Å². The molecule has 0 bridgehead atoms. The zero-order valence-corrected chi connectivity index (χ0v) is 3.00. The van der Waals surface area contributed by atoms with Crippen molar-refractivity contribution in [3.63, 3.8) is 0 Å². The Morgan fingerprint density at radius 3 is 2.00 bits per heavy atom. The lowest BCUT2D eigenvalue weighted by atomic mass is 10.6. The SMILES string of the molecule is [2H]C([2H])([2H])C#CC#CC([2H])([2H])[2H]. The average molecular weight is 84.2 g/mol. The molecule has 0 aliphatic heterocycles. The molecule has 0 fully saturated rings. The van der Waals surface area contributed by atoms with E-state index in [1.54, 1.807) is 0 Å². The molecule has 30 valence electrons. The molecule has 0 radical (unpaired) electrons. The molecule has 0 aromatic carbocycles. The molecule has 0 heterocycles. The summed E-state index contributed by atoms with van der Waals surface area (Å²) in [7, 11) is 0. The van der Waals surface area contributed by atoms with E-state index >= 15 is 0 Å². The normalized spacial score (nSPS) is 22.7. The highest BCUT2D eigenvalue weighted by Gasteiger charge is 1.41. The minimum Gasteiger partial charge on any atom is -0.0925 e. The van der Waals surface area contributed by atoms with E-state index in [-0.39, 0.29) is 0 Å². The largest absolute Gasteiger partial charge is 0.0925 e. The molecule has 0 aromatic heterocycles. The molecule has 0 aromatic rings. The first kappa shape index (κ1) is 0.849. The predicted molar refractivity (Wildman–Crippen MR) is 26.9 cm³/mol. The highest BCUT2D eigenvalue weighted by molar-refractivity contribution is 5.23. The molecule has 6 heavy (non-hydrogen) atoms. The van der Waals surface area contributed by atoms with Gasteiger partial charge in [0.05, 0.1) is 0 Å². The summed E-state index contributed by atoms with van der Waals surface area (Å²) in [5.41, 5.74) is 0. The maximum absolute atomic E-state index is 6.62. The average Bonchev–Trinajstić information content (AvgIpc) is 1.76. The van der Waals surface area contributed by atoms with Crippen molar-refractivity contribution in [2.24, 2.45) is 0 Å². The van der Waals surface area contributed by atoms with E-state index in [0.717, 1.165) is 0 Å². The molecule has 0 saturated carbocycles. The molecule has 0 rings (SSSR count). The lowest BCUT2D eigenvalue weighted by Gasteiger charge is -1.48. The minimum absolute atomic E-state index is 1.82. The Bertz CT molecular complexity index is 229. The van der Waals surface area contributed by atoms with Gasteiger partial charge in [-0.15, -0.1) is 0 Å². The van der Waals surface area contributed by atoms with Crippen LogP contribution >= 0.6 is 0 Å². The van der Waals surface area contributed by atoms with Crippen LogP contribution in [0.15, 0.2) is 0 Å². The Labute approximate surface area is 47.0 Å². The topological polar surface area (TPSA) is 0 Å². The van der Waals surface area contributed by atoms with Crippen molar-refractivity contribution < 1.29 is 8.22 Å². The summed E-state index contributed by atoms with van der Waals surface area (Å²) >= 11 is 0. The molecule has 0 amide bonds. The van der Waals surface area contributed by atoms with Crippen molar-refractivity contribution >= 4 is 0 Å². The second kappa shape index (κ2) is 4.12. The summed E-state index contributed by atoms with van der Waals surface area (Å²) in [5, 5.41) is 0. The number of hydrogen-bond acceptors (Lipinski definition) is 0. The highest BCUT2D eigenvalue weighted by atomic mass is 13.5. The van der Waals surface area contributed by atoms with E-state index in [0.29, 0.717) is 0 Å². The molecule has 0 aliphatic carbocycles. The molecular weight excluding hydrogens is 72.1 g/mol. The van der Waals surface area contributed by atoms with Crippen LogP contribution in [-0.2, 0) is 0 Å². The highest BCUT2D eigenvalue weighted by Crippen LogP contribution is 1.47. The molecule has 0 unspecified atom stereocenters. The van der Waals surface area contributed by atoms with Crippen molar-refractivity contribution in [3.05, 3.63) is 0 Å². The van der Waals surface area contributed by atoms with Crippen molar-refractivity contribution in [3.8, 4) is 23.7 Å². The van der Waals surface area contributed by atoms with Crippen molar-refractivity contribution in [1.29, 1.82) is 0 Å². The second-order valence-corrected chi connectivity index (χ2v) is 0.500.